The molecule has 1 aromatic heterocycles. The van der Waals surface area contributed by atoms with Crippen LogP contribution in [0.15, 0.2) is 41.8 Å². The second-order valence-corrected chi connectivity index (χ2v) is 5.14. The van der Waals surface area contributed by atoms with E-state index in [1.807, 2.05) is 35.7 Å². The van der Waals surface area contributed by atoms with Crippen molar-refractivity contribution in [2.24, 2.45) is 0 Å². The molecular weight excluding hydrogens is 268 g/mol. The minimum atomic E-state index is -0.824. The quantitative estimate of drug-likeness (QED) is 0.914. The van der Waals surface area contributed by atoms with Crippen molar-refractivity contribution in [3.63, 3.8) is 0 Å². The lowest BCUT2D eigenvalue weighted by atomic mass is 10.1. The zero-order valence-electron chi connectivity index (χ0n) is 9.47. The van der Waals surface area contributed by atoms with Gasteiger partial charge >= 0.3 is 5.97 Å². The second-order valence-electron chi connectivity index (χ2n) is 3.78. The van der Waals surface area contributed by atoms with Crippen molar-refractivity contribution >= 4 is 40.0 Å². The Balaban J connectivity index is 2.15. The van der Waals surface area contributed by atoms with E-state index < -0.39 is 5.97 Å². The molecule has 18 heavy (non-hydrogen) atoms. The first-order chi connectivity index (χ1) is 8.65. The van der Waals surface area contributed by atoms with Crippen molar-refractivity contribution < 1.29 is 9.90 Å². The number of rotatable bonds is 4. The van der Waals surface area contributed by atoms with Crippen LogP contribution in [-0.4, -0.2) is 11.1 Å². The van der Waals surface area contributed by atoms with Crippen molar-refractivity contribution in [1.82, 2.24) is 0 Å². The van der Waals surface area contributed by atoms with Crippen LogP contribution in [0.3, 0.4) is 0 Å². The lowest BCUT2D eigenvalue weighted by Crippen LogP contribution is -1.99. The fraction of sp³-hybridized carbons (Fsp3) is 0.0714. The molecule has 2 rings (SSSR count). The Morgan fingerprint density at radius 2 is 2.00 bits per heavy atom. The molecule has 0 fully saturated rings. The number of hydrogen-bond donors (Lipinski definition) is 1. The van der Waals surface area contributed by atoms with E-state index in [9.17, 15) is 4.79 Å². The molecule has 2 aromatic rings. The van der Waals surface area contributed by atoms with Gasteiger partial charge in [0, 0.05) is 4.88 Å². The molecule has 92 valence electrons. The molecule has 0 saturated carbocycles. The summed E-state index contributed by atoms with van der Waals surface area (Å²) in [6, 6.07) is 11.3. The molecule has 0 saturated heterocycles. The zero-order chi connectivity index (χ0) is 13.0. The summed E-state index contributed by atoms with van der Waals surface area (Å²) in [5.74, 6) is -0.824. The number of carboxylic acids is 1. The van der Waals surface area contributed by atoms with Crippen LogP contribution in [0.1, 0.15) is 16.0 Å². The molecule has 2 nitrogen and oxygen atoms in total. The van der Waals surface area contributed by atoms with Gasteiger partial charge in [-0.1, -0.05) is 41.9 Å². The molecule has 0 spiro atoms. The number of hydrogen-bond acceptors (Lipinski definition) is 2. The van der Waals surface area contributed by atoms with Gasteiger partial charge in [-0.2, -0.15) is 0 Å². The van der Waals surface area contributed by atoms with Crippen molar-refractivity contribution in [3.05, 3.63) is 57.8 Å². The molecule has 0 aliphatic heterocycles. The minimum absolute atomic E-state index is 0.0443. The molecule has 0 amide bonds. The Morgan fingerprint density at radius 1 is 1.28 bits per heavy atom. The Labute approximate surface area is 114 Å². The maximum Gasteiger partial charge on any atom is 0.307 e. The largest absolute Gasteiger partial charge is 0.481 e. The molecule has 4 heteroatoms. The highest BCUT2D eigenvalue weighted by Crippen LogP contribution is 2.26. The van der Waals surface area contributed by atoms with E-state index in [2.05, 4.69) is 0 Å². The zero-order valence-corrected chi connectivity index (χ0v) is 11.0. The Morgan fingerprint density at radius 3 is 2.56 bits per heavy atom. The molecule has 0 radical (unpaired) electrons. The van der Waals surface area contributed by atoms with Gasteiger partial charge in [0.05, 0.1) is 11.5 Å². The Kier molecular flexibility index (Phi) is 4.18. The maximum absolute atomic E-state index is 10.6. The average molecular weight is 279 g/mol. The normalized spacial score (nSPS) is 11.5. The summed E-state index contributed by atoms with van der Waals surface area (Å²) in [5.41, 5.74) is 1.74. The third-order valence-electron chi connectivity index (χ3n) is 2.39. The van der Waals surface area contributed by atoms with Crippen molar-refractivity contribution in [3.8, 4) is 0 Å². The lowest BCUT2D eigenvalue weighted by Gasteiger charge is -1.99. The second kappa shape index (κ2) is 5.85. The van der Waals surface area contributed by atoms with E-state index in [1.54, 1.807) is 23.5 Å². The van der Waals surface area contributed by atoms with Gasteiger partial charge in [0.2, 0.25) is 0 Å². The van der Waals surface area contributed by atoms with Gasteiger partial charge in [-0.15, -0.1) is 11.3 Å². The van der Waals surface area contributed by atoms with Crippen LogP contribution in [0.4, 0.5) is 0 Å². The van der Waals surface area contributed by atoms with Crippen LogP contribution in [0.2, 0.25) is 0 Å². The fourth-order valence-electron chi connectivity index (χ4n) is 1.54. The summed E-state index contributed by atoms with van der Waals surface area (Å²) in [4.78, 5) is 11.6. The molecule has 0 bridgehead atoms. The number of thiophene rings is 1. The minimum Gasteiger partial charge on any atom is -0.481 e. The van der Waals surface area contributed by atoms with Crippen molar-refractivity contribution in [2.45, 2.75) is 6.42 Å². The van der Waals surface area contributed by atoms with Gasteiger partial charge in [-0.3, -0.25) is 4.79 Å². The molecule has 0 atom stereocenters. The molecule has 1 aromatic carbocycles. The lowest BCUT2D eigenvalue weighted by molar-refractivity contribution is -0.136. The van der Waals surface area contributed by atoms with Crippen LogP contribution in [0.25, 0.3) is 11.1 Å². The Bertz CT molecular complexity index is 556. The molecule has 0 aliphatic carbocycles. The molecular formula is C14H11ClO2S. The van der Waals surface area contributed by atoms with Gasteiger partial charge in [-0.05, 0) is 28.6 Å². The van der Waals surface area contributed by atoms with E-state index in [0.717, 1.165) is 16.0 Å². The third-order valence-corrected chi connectivity index (χ3v) is 3.71. The molecule has 1 heterocycles. The number of halogens is 1. The monoisotopic (exact) mass is 278 g/mol. The van der Waals surface area contributed by atoms with E-state index >= 15 is 0 Å². The standard InChI is InChI=1S/C14H11ClO2S/c15-12(13-2-1-7-18-13)8-10-3-5-11(6-4-10)9-14(16)17/h1-8H,9H2,(H,16,17)/b12-8-. The Hall–Kier alpha value is -1.58. The predicted molar refractivity (Wildman–Crippen MR) is 75.8 cm³/mol. The summed E-state index contributed by atoms with van der Waals surface area (Å²) >= 11 is 7.77. The predicted octanol–water partition coefficient (Wildman–Crippen LogP) is 4.11. The van der Waals surface area contributed by atoms with Gasteiger partial charge in [0.15, 0.2) is 0 Å². The highest BCUT2D eigenvalue weighted by molar-refractivity contribution is 7.12. The van der Waals surface area contributed by atoms with E-state index in [4.69, 9.17) is 16.7 Å². The first-order valence-corrected chi connectivity index (χ1v) is 6.63. The highest BCUT2D eigenvalue weighted by atomic mass is 35.5. The van der Waals surface area contributed by atoms with Crippen LogP contribution in [0.5, 0.6) is 0 Å². The topological polar surface area (TPSA) is 37.3 Å². The summed E-state index contributed by atoms with van der Waals surface area (Å²) in [6.07, 6.45) is 1.92. The molecule has 0 aliphatic rings. The van der Waals surface area contributed by atoms with Crippen molar-refractivity contribution in [1.29, 1.82) is 0 Å². The van der Waals surface area contributed by atoms with E-state index in [0.29, 0.717) is 5.03 Å². The molecule has 1 N–H and O–H groups in total. The third kappa shape index (κ3) is 3.45. The molecule has 0 unspecified atom stereocenters. The van der Waals surface area contributed by atoms with Crippen LogP contribution < -0.4 is 0 Å². The smallest absolute Gasteiger partial charge is 0.307 e. The van der Waals surface area contributed by atoms with Crippen LogP contribution in [-0.2, 0) is 11.2 Å². The summed E-state index contributed by atoms with van der Waals surface area (Å²) in [5, 5.41) is 11.3. The van der Waals surface area contributed by atoms with E-state index in [-0.39, 0.29) is 6.42 Å². The van der Waals surface area contributed by atoms with Crippen LogP contribution in [0, 0.1) is 0 Å². The van der Waals surface area contributed by atoms with Crippen LogP contribution >= 0.6 is 22.9 Å². The highest BCUT2D eigenvalue weighted by Gasteiger charge is 2.01. The summed E-state index contributed by atoms with van der Waals surface area (Å²) in [7, 11) is 0. The maximum atomic E-state index is 10.6. The number of carboxylic acid groups (broad SMARTS) is 1. The average Bonchev–Trinajstić information content (AvgIpc) is 2.84. The SMILES string of the molecule is O=C(O)Cc1ccc(/C=C(\Cl)c2cccs2)cc1. The van der Waals surface area contributed by atoms with Gasteiger partial charge < -0.3 is 5.11 Å². The summed E-state index contributed by atoms with van der Waals surface area (Å²) < 4.78 is 0. The summed E-state index contributed by atoms with van der Waals surface area (Å²) in [6.45, 7) is 0. The van der Waals surface area contributed by atoms with Gasteiger partial charge in [-0.25, -0.2) is 0 Å². The number of carbonyl (C=O) groups is 1. The first kappa shape index (κ1) is 12.9. The number of benzene rings is 1. The first-order valence-electron chi connectivity index (χ1n) is 5.37. The van der Waals surface area contributed by atoms with Crippen molar-refractivity contribution in [2.75, 3.05) is 0 Å². The van der Waals surface area contributed by atoms with E-state index in [1.165, 1.54) is 0 Å². The van der Waals surface area contributed by atoms with Gasteiger partial charge in [0.25, 0.3) is 0 Å². The van der Waals surface area contributed by atoms with Gasteiger partial charge in [0.1, 0.15) is 0 Å². The number of aliphatic carboxylic acids is 1. The fourth-order valence-corrected chi connectivity index (χ4v) is 2.49.